The SMILES string of the molecule is NCCC=Cc1ccc(O)c(C=O)c1. The van der Waals surface area contributed by atoms with Crippen molar-refractivity contribution < 1.29 is 9.90 Å². The molecule has 0 aliphatic heterocycles. The number of rotatable bonds is 4. The fraction of sp³-hybridized carbons (Fsp3) is 0.182. The molecule has 14 heavy (non-hydrogen) atoms. The zero-order valence-corrected chi connectivity index (χ0v) is 7.81. The number of aromatic hydroxyl groups is 1. The van der Waals surface area contributed by atoms with E-state index in [1.165, 1.54) is 6.07 Å². The summed E-state index contributed by atoms with van der Waals surface area (Å²) < 4.78 is 0. The lowest BCUT2D eigenvalue weighted by atomic mass is 10.1. The van der Waals surface area contributed by atoms with E-state index in [1.54, 1.807) is 12.1 Å². The molecular formula is C11H13NO2. The lowest BCUT2D eigenvalue weighted by Gasteiger charge is -1.98. The number of nitrogens with two attached hydrogens (primary N) is 1. The number of hydrogen-bond donors (Lipinski definition) is 2. The minimum Gasteiger partial charge on any atom is -0.507 e. The summed E-state index contributed by atoms with van der Waals surface area (Å²) in [6, 6.07) is 4.89. The van der Waals surface area contributed by atoms with Crippen LogP contribution in [-0.2, 0) is 0 Å². The highest BCUT2D eigenvalue weighted by Gasteiger charge is 1.98. The number of phenolic OH excluding ortho intramolecular Hbond substituents is 1. The molecule has 0 radical (unpaired) electrons. The van der Waals surface area contributed by atoms with E-state index in [0.717, 1.165) is 12.0 Å². The first-order valence-electron chi connectivity index (χ1n) is 4.42. The van der Waals surface area contributed by atoms with Crippen molar-refractivity contribution in [3.63, 3.8) is 0 Å². The Labute approximate surface area is 82.9 Å². The molecule has 0 amide bonds. The summed E-state index contributed by atoms with van der Waals surface area (Å²) in [4.78, 5) is 10.5. The summed E-state index contributed by atoms with van der Waals surface area (Å²) in [7, 11) is 0. The van der Waals surface area contributed by atoms with Gasteiger partial charge in [-0.15, -0.1) is 0 Å². The van der Waals surface area contributed by atoms with E-state index in [2.05, 4.69) is 0 Å². The molecule has 0 bridgehead atoms. The lowest BCUT2D eigenvalue weighted by molar-refractivity contribution is 0.112. The normalized spacial score (nSPS) is 10.6. The minimum absolute atomic E-state index is 0.0102. The van der Waals surface area contributed by atoms with E-state index in [0.29, 0.717) is 18.4 Å². The van der Waals surface area contributed by atoms with E-state index < -0.39 is 0 Å². The summed E-state index contributed by atoms with van der Waals surface area (Å²) in [5.74, 6) is 0.0102. The van der Waals surface area contributed by atoms with Crippen LogP contribution in [0, 0.1) is 0 Å². The zero-order valence-electron chi connectivity index (χ0n) is 7.81. The molecule has 0 unspecified atom stereocenters. The van der Waals surface area contributed by atoms with Crippen LogP contribution in [0.15, 0.2) is 24.3 Å². The van der Waals surface area contributed by atoms with Crippen LogP contribution in [-0.4, -0.2) is 17.9 Å². The smallest absolute Gasteiger partial charge is 0.153 e. The minimum atomic E-state index is 0.0102. The van der Waals surface area contributed by atoms with Crippen molar-refractivity contribution in [1.82, 2.24) is 0 Å². The van der Waals surface area contributed by atoms with Gasteiger partial charge in [0.2, 0.25) is 0 Å². The molecule has 0 saturated carbocycles. The van der Waals surface area contributed by atoms with Crippen molar-refractivity contribution in [3.05, 3.63) is 35.4 Å². The van der Waals surface area contributed by atoms with E-state index >= 15 is 0 Å². The number of phenols is 1. The second-order valence-corrected chi connectivity index (χ2v) is 2.92. The third kappa shape index (κ3) is 2.71. The highest BCUT2D eigenvalue weighted by Crippen LogP contribution is 2.17. The second-order valence-electron chi connectivity index (χ2n) is 2.92. The molecule has 3 nitrogen and oxygen atoms in total. The highest BCUT2D eigenvalue weighted by atomic mass is 16.3. The number of carbonyl (C=O) groups is 1. The Bertz CT molecular complexity index is 345. The van der Waals surface area contributed by atoms with Crippen LogP contribution in [0.3, 0.4) is 0 Å². The van der Waals surface area contributed by atoms with Crippen LogP contribution in [0.25, 0.3) is 6.08 Å². The van der Waals surface area contributed by atoms with Crippen LogP contribution in [0.4, 0.5) is 0 Å². The number of benzene rings is 1. The summed E-state index contributed by atoms with van der Waals surface area (Å²) in [6.45, 7) is 0.606. The standard InChI is InChI=1S/C11H13NO2/c12-6-2-1-3-9-4-5-11(14)10(7-9)8-13/h1,3-5,7-8,14H,2,6,12H2. The Hall–Kier alpha value is -1.61. The molecule has 1 aromatic carbocycles. The Balaban J connectivity index is 2.84. The van der Waals surface area contributed by atoms with Crippen molar-refractivity contribution in [2.45, 2.75) is 6.42 Å². The first-order valence-corrected chi connectivity index (χ1v) is 4.42. The van der Waals surface area contributed by atoms with Gasteiger partial charge in [0.1, 0.15) is 5.75 Å². The number of hydrogen-bond acceptors (Lipinski definition) is 3. The Morgan fingerprint density at radius 2 is 2.21 bits per heavy atom. The van der Waals surface area contributed by atoms with Gasteiger partial charge in [0.05, 0.1) is 5.56 Å². The molecule has 0 saturated heterocycles. The van der Waals surface area contributed by atoms with Gasteiger partial charge in [-0.2, -0.15) is 0 Å². The van der Waals surface area contributed by atoms with Gasteiger partial charge in [-0.05, 0) is 30.7 Å². The van der Waals surface area contributed by atoms with E-state index in [1.807, 2.05) is 12.2 Å². The average Bonchev–Trinajstić information content (AvgIpc) is 2.21. The zero-order chi connectivity index (χ0) is 10.4. The monoisotopic (exact) mass is 191 g/mol. The maximum Gasteiger partial charge on any atom is 0.153 e. The van der Waals surface area contributed by atoms with Crippen LogP contribution in [0.5, 0.6) is 5.75 Å². The summed E-state index contributed by atoms with van der Waals surface area (Å²) >= 11 is 0. The van der Waals surface area contributed by atoms with Crippen LogP contribution < -0.4 is 5.73 Å². The summed E-state index contributed by atoms with van der Waals surface area (Å²) in [6.07, 6.45) is 5.24. The predicted octanol–water partition coefficient (Wildman–Crippen LogP) is 1.57. The molecule has 74 valence electrons. The van der Waals surface area contributed by atoms with E-state index in [-0.39, 0.29) is 5.75 Å². The van der Waals surface area contributed by atoms with Gasteiger partial charge < -0.3 is 10.8 Å². The van der Waals surface area contributed by atoms with Gasteiger partial charge >= 0.3 is 0 Å². The van der Waals surface area contributed by atoms with Crippen molar-refractivity contribution in [2.75, 3.05) is 6.54 Å². The second kappa shape index (κ2) is 5.19. The van der Waals surface area contributed by atoms with Gasteiger partial charge in [-0.3, -0.25) is 4.79 Å². The van der Waals surface area contributed by atoms with Crippen LogP contribution in [0.2, 0.25) is 0 Å². The molecule has 0 fully saturated rings. The third-order valence-electron chi connectivity index (χ3n) is 1.82. The third-order valence-corrected chi connectivity index (χ3v) is 1.82. The quantitative estimate of drug-likeness (QED) is 0.710. The van der Waals surface area contributed by atoms with E-state index in [9.17, 15) is 9.90 Å². The van der Waals surface area contributed by atoms with Crippen molar-refractivity contribution >= 4 is 12.4 Å². The van der Waals surface area contributed by atoms with Crippen molar-refractivity contribution in [3.8, 4) is 5.75 Å². The molecule has 3 heteroatoms. The van der Waals surface area contributed by atoms with Gasteiger partial charge in [0, 0.05) is 0 Å². The lowest BCUT2D eigenvalue weighted by Crippen LogP contribution is -1.94. The highest BCUT2D eigenvalue weighted by molar-refractivity contribution is 5.80. The fourth-order valence-electron chi connectivity index (χ4n) is 1.09. The molecule has 0 heterocycles. The van der Waals surface area contributed by atoms with Gasteiger partial charge in [0.15, 0.2) is 6.29 Å². The molecule has 1 rings (SSSR count). The average molecular weight is 191 g/mol. The Kier molecular flexibility index (Phi) is 3.88. The number of aldehydes is 1. The molecule has 1 aromatic rings. The first kappa shape index (κ1) is 10.5. The largest absolute Gasteiger partial charge is 0.507 e. The predicted molar refractivity (Wildman–Crippen MR) is 56.2 cm³/mol. The molecule has 0 aromatic heterocycles. The molecule has 3 N–H and O–H groups in total. The van der Waals surface area contributed by atoms with Gasteiger partial charge in [-0.25, -0.2) is 0 Å². The Morgan fingerprint density at radius 3 is 2.86 bits per heavy atom. The maximum atomic E-state index is 10.5. The fourth-order valence-corrected chi connectivity index (χ4v) is 1.09. The topological polar surface area (TPSA) is 63.3 Å². The first-order chi connectivity index (χ1) is 6.77. The molecule has 0 spiro atoms. The Morgan fingerprint density at radius 1 is 1.43 bits per heavy atom. The summed E-state index contributed by atoms with van der Waals surface area (Å²) in [5.41, 5.74) is 6.52. The van der Waals surface area contributed by atoms with Crippen LogP contribution >= 0.6 is 0 Å². The maximum absolute atomic E-state index is 10.5. The number of carbonyl (C=O) groups excluding carboxylic acids is 1. The van der Waals surface area contributed by atoms with Gasteiger partial charge in [-0.1, -0.05) is 18.2 Å². The molecular weight excluding hydrogens is 178 g/mol. The van der Waals surface area contributed by atoms with E-state index in [4.69, 9.17) is 5.73 Å². The van der Waals surface area contributed by atoms with Gasteiger partial charge in [0.25, 0.3) is 0 Å². The van der Waals surface area contributed by atoms with Crippen LogP contribution in [0.1, 0.15) is 22.3 Å². The molecule has 0 aliphatic carbocycles. The molecule has 0 aliphatic rings. The van der Waals surface area contributed by atoms with Crippen molar-refractivity contribution in [1.29, 1.82) is 0 Å². The molecule has 0 atom stereocenters. The van der Waals surface area contributed by atoms with Crippen molar-refractivity contribution in [2.24, 2.45) is 5.73 Å². The summed E-state index contributed by atoms with van der Waals surface area (Å²) in [5, 5.41) is 9.23.